The number of thioether (sulfide) groups is 1. The van der Waals surface area contributed by atoms with Gasteiger partial charge in [0.1, 0.15) is 18.1 Å². The highest BCUT2D eigenvalue weighted by atomic mass is 32.2. The van der Waals surface area contributed by atoms with Crippen LogP contribution in [0.25, 0.3) is 0 Å². The Morgan fingerprint density at radius 1 is 1.11 bits per heavy atom. The summed E-state index contributed by atoms with van der Waals surface area (Å²) in [5.41, 5.74) is 0.643. The minimum atomic E-state index is -0.137. The van der Waals surface area contributed by atoms with Crippen molar-refractivity contribution >= 4 is 23.4 Å². The van der Waals surface area contributed by atoms with Crippen molar-refractivity contribution in [3.05, 3.63) is 60.4 Å². The number of nitrogens with zero attached hydrogens (tertiary/aromatic N) is 3. The van der Waals surface area contributed by atoms with Gasteiger partial charge in [0.2, 0.25) is 5.91 Å². The van der Waals surface area contributed by atoms with E-state index in [0.717, 1.165) is 11.6 Å². The fraction of sp³-hybridized carbons (Fsp3) is 0.250. The largest absolute Gasteiger partial charge is 0.495 e. The van der Waals surface area contributed by atoms with Gasteiger partial charge in [0, 0.05) is 6.54 Å². The third-order valence-electron chi connectivity index (χ3n) is 3.93. The minimum absolute atomic E-state index is 0.137. The molecule has 7 nitrogen and oxygen atoms in total. The molecule has 28 heavy (non-hydrogen) atoms. The van der Waals surface area contributed by atoms with Crippen molar-refractivity contribution in [2.45, 2.75) is 25.2 Å². The summed E-state index contributed by atoms with van der Waals surface area (Å²) < 4.78 is 13.0. The molecule has 0 aliphatic heterocycles. The molecule has 0 saturated carbocycles. The van der Waals surface area contributed by atoms with Crippen LogP contribution in [0.2, 0.25) is 0 Å². The monoisotopic (exact) mass is 398 g/mol. The molecule has 0 unspecified atom stereocenters. The predicted octanol–water partition coefficient (Wildman–Crippen LogP) is 3.62. The Morgan fingerprint density at radius 2 is 1.86 bits per heavy atom. The molecule has 3 rings (SSSR count). The van der Waals surface area contributed by atoms with Crippen molar-refractivity contribution in [2.75, 3.05) is 18.2 Å². The molecular weight excluding hydrogens is 376 g/mol. The van der Waals surface area contributed by atoms with Crippen LogP contribution in [-0.2, 0) is 17.9 Å². The first-order valence-corrected chi connectivity index (χ1v) is 9.85. The number of amides is 1. The predicted molar refractivity (Wildman–Crippen MR) is 109 cm³/mol. The van der Waals surface area contributed by atoms with Crippen LogP contribution in [0, 0.1) is 0 Å². The molecule has 0 saturated heterocycles. The maximum atomic E-state index is 12.3. The van der Waals surface area contributed by atoms with Crippen LogP contribution >= 0.6 is 11.8 Å². The summed E-state index contributed by atoms with van der Waals surface area (Å²) in [5.74, 6) is 2.20. The Balaban J connectivity index is 1.58. The Bertz CT molecular complexity index is 915. The number of benzene rings is 2. The third-order valence-corrected chi connectivity index (χ3v) is 4.90. The molecular formula is C20H22N4O3S. The maximum Gasteiger partial charge on any atom is 0.234 e. The molecule has 0 spiro atoms. The summed E-state index contributed by atoms with van der Waals surface area (Å²) in [7, 11) is 1.57. The Hall–Kier alpha value is -3.00. The molecule has 1 aromatic heterocycles. The van der Waals surface area contributed by atoms with Gasteiger partial charge < -0.3 is 19.4 Å². The second kappa shape index (κ2) is 9.80. The number of rotatable bonds is 9. The standard InChI is InChI=1S/C20H22N4O3S/c1-3-24-18(13-27-15-9-5-4-6-10-15)22-23-20(24)28-14-19(25)21-16-11-7-8-12-17(16)26-2/h4-12H,3,13-14H2,1-2H3,(H,21,25). The molecule has 8 heteroatoms. The lowest BCUT2D eigenvalue weighted by Gasteiger charge is -2.10. The molecule has 2 aromatic carbocycles. The molecule has 146 valence electrons. The van der Waals surface area contributed by atoms with Crippen LogP contribution in [-0.4, -0.2) is 33.5 Å². The van der Waals surface area contributed by atoms with Gasteiger partial charge in [0.15, 0.2) is 11.0 Å². The highest BCUT2D eigenvalue weighted by Gasteiger charge is 2.14. The second-order valence-corrected chi connectivity index (χ2v) is 6.72. The number of nitrogens with one attached hydrogen (secondary N) is 1. The molecule has 0 radical (unpaired) electrons. The quantitative estimate of drug-likeness (QED) is 0.555. The van der Waals surface area contributed by atoms with E-state index < -0.39 is 0 Å². The Labute approximate surface area is 168 Å². The molecule has 0 aliphatic rings. The van der Waals surface area contributed by atoms with E-state index in [-0.39, 0.29) is 11.7 Å². The van der Waals surface area contributed by atoms with E-state index in [9.17, 15) is 4.79 Å². The lowest BCUT2D eigenvalue weighted by molar-refractivity contribution is -0.113. The average Bonchev–Trinajstić information content (AvgIpc) is 3.13. The molecule has 0 bridgehead atoms. The fourth-order valence-corrected chi connectivity index (χ4v) is 3.40. The molecule has 1 heterocycles. The zero-order valence-electron chi connectivity index (χ0n) is 15.8. The van der Waals surface area contributed by atoms with Crippen molar-refractivity contribution in [3.8, 4) is 11.5 Å². The van der Waals surface area contributed by atoms with Gasteiger partial charge in [0.05, 0.1) is 18.6 Å². The van der Waals surface area contributed by atoms with Gasteiger partial charge in [0.25, 0.3) is 0 Å². The first-order valence-electron chi connectivity index (χ1n) is 8.86. The zero-order valence-corrected chi connectivity index (χ0v) is 16.6. The van der Waals surface area contributed by atoms with Crippen LogP contribution in [0.4, 0.5) is 5.69 Å². The number of para-hydroxylation sites is 3. The summed E-state index contributed by atoms with van der Waals surface area (Å²) in [5, 5.41) is 12.0. The number of hydrogen-bond donors (Lipinski definition) is 1. The number of methoxy groups -OCH3 is 1. The van der Waals surface area contributed by atoms with Crippen LogP contribution < -0.4 is 14.8 Å². The van der Waals surface area contributed by atoms with Gasteiger partial charge in [-0.15, -0.1) is 10.2 Å². The molecule has 1 N–H and O–H groups in total. The molecule has 0 atom stereocenters. The van der Waals surface area contributed by atoms with Gasteiger partial charge in [-0.2, -0.15) is 0 Å². The van der Waals surface area contributed by atoms with Gasteiger partial charge in [-0.3, -0.25) is 4.79 Å². The first kappa shape index (κ1) is 19.8. The number of hydrogen-bond acceptors (Lipinski definition) is 6. The topological polar surface area (TPSA) is 78.3 Å². The zero-order chi connectivity index (χ0) is 19.8. The fourth-order valence-electron chi connectivity index (χ4n) is 2.58. The summed E-state index contributed by atoms with van der Waals surface area (Å²) >= 11 is 1.34. The second-order valence-electron chi connectivity index (χ2n) is 5.78. The van der Waals surface area contributed by atoms with E-state index in [1.54, 1.807) is 19.2 Å². The van der Waals surface area contributed by atoms with E-state index in [2.05, 4.69) is 15.5 Å². The van der Waals surface area contributed by atoms with E-state index in [4.69, 9.17) is 9.47 Å². The highest BCUT2D eigenvalue weighted by Crippen LogP contribution is 2.24. The summed E-state index contributed by atoms with van der Waals surface area (Å²) in [6.45, 7) is 3.02. The smallest absolute Gasteiger partial charge is 0.234 e. The number of aromatic nitrogens is 3. The SMILES string of the molecule is CCn1c(COc2ccccc2)nnc1SCC(=O)Nc1ccccc1OC. The van der Waals surface area contributed by atoms with Crippen LogP contribution in [0.5, 0.6) is 11.5 Å². The summed E-state index contributed by atoms with van der Waals surface area (Å²) in [6.07, 6.45) is 0. The number of carbonyl (C=O) groups excluding carboxylic acids is 1. The van der Waals surface area contributed by atoms with E-state index in [0.29, 0.717) is 29.7 Å². The van der Waals surface area contributed by atoms with Crippen molar-refractivity contribution in [1.82, 2.24) is 14.8 Å². The van der Waals surface area contributed by atoms with Gasteiger partial charge in [-0.25, -0.2) is 0 Å². The van der Waals surface area contributed by atoms with Crippen molar-refractivity contribution < 1.29 is 14.3 Å². The average molecular weight is 398 g/mol. The van der Waals surface area contributed by atoms with E-state index >= 15 is 0 Å². The molecule has 3 aromatic rings. The maximum absolute atomic E-state index is 12.3. The number of ether oxygens (including phenoxy) is 2. The molecule has 0 fully saturated rings. The number of anilines is 1. The van der Waals surface area contributed by atoms with E-state index in [1.165, 1.54) is 11.8 Å². The molecule has 0 aliphatic carbocycles. The van der Waals surface area contributed by atoms with Crippen molar-refractivity contribution in [3.63, 3.8) is 0 Å². The lowest BCUT2D eigenvalue weighted by atomic mass is 10.3. The Morgan fingerprint density at radius 3 is 2.61 bits per heavy atom. The van der Waals surface area contributed by atoms with Crippen LogP contribution in [0.15, 0.2) is 59.8 Å². The molecule has 1 amide bonds. The summed E-state index contributed by atoms with van der Waals surface area (Å²) in [4.78, 5) is 12.3. The van der Waals surface area contributed by atoms with Crippen molar-refractivity contribution in [1.29, 1.82) is 0 Å². The normalized spacial score (nSPS) is 10.5. The van der Waals surface area contributed by atoms with Crippen molar-refractivity contribution in [2.24, 2.45) is 0 Å². The van der Waals surface area contributed by atoms with E-state index in [1.807, 2.05) is 54.0 Å². The Kier molecular flexibility index (Phi) is 6.91. The summed E-state index contributed by atoms with van der Waals surface area (Å²) in [6, 6.07) is 16.9. The van der Waals surface area contributed by atoms with Crippen LogP contribution in [0.3, 0.4) is 0 Å². The minimum Gasteiger partial charge on any atom is -0.495 e. The lowest BCUT2D eigenvalue weighted by Crippen LogP contribution is -2.15. The first-order chi connectivity index (χ1) is 13.7. The van der Waals surface area contributed by atoms with Crippen LogP contribution in [0.1, 0.15) is 12.7 Å². The third kappa shape index (κ3) is 5.04. The number of carbonyl (C=O) groups is 1. The highest BCUT2D eigenvalue weighted by molar-refractivity contribution is 7.99. The van der Waals surface area contributed by atoms with Gasteiger partial charge in [-0.05, 0) is 31.2 Å². The van der Waals surface area contributed by atoms with Gasteiger partial charge in [-0.1, -0.05) is 42.1 Å². The van der Waals surface area contributed by atoms with Gasteiger partial charge >= 0.3 is 0 Å².